The molecule has 1 aliphatic rings. The van der Waals surface area contributed by atoms with Crippen LogP contribution < -0.4 is 10.1 Å². The van der Waals surface area contributed by atoms with E-state index in [1.165, 1.54) is 0 Å². The first-order valence-corrected chi connectivity index (χ1v) is 6.22. The van der Waals surface area contributed by atoms with Gasteiger partial charge in [0.15, 0.2) is 0 Å². The van der Waals surface area contributed by atoms with Gasteiger partial charge in [0.1, 0.15) is 11.8 Å². The Kier molecular flexibility index (Phi) is 4.57. The standard InChI is InChI=1S/C14H18N2O2/c1-17-12-5-2-4-11(8-12)14(9-15)16-10-13-6-3-7-18-13/h2,4-5,8,13-14,16H,3,6-7,10H2,1H3. The number of ether oxygens (including phenoxy) is 2. The zero-order valence-electron chi connectivity index (χ0n) is 10.6. The lowest BCUT2D eigenvalue weighted by atomic mass is 10.1. The Labute approximate surface area is 108 Å². The second-order valence-electron chi connectivity index (χ2n) is 4.38. The minimum atomic E-state index is -0.315. The van der Waals surface area contributed by atoms with Crippen LogP contribution in [0.2, 0.25) is 0 Å². The molecule has 1 aliphatic heterocycles. The van der Waals surface area contributed by atoms with E-state index in [9.17, 15) is 5.26 Å². The maximum absolute atomic E-state index is 9.22. The van der Waals surface area contributed by atoms with Gasteiger partial charge in [-0.1, -0.05) is 12.1 Å². The molecule has 0 radical (unpaired) electrons. The van der Waals surface area contributed by atoms with Gasteiger partial charge in [-0.25, -0.2) is 0 Å². The summed E-state index contributed by atoms with van der Waals surface area (Å²) in [5.41, 5.74) is 0.926. The van der Waals surface area contributed by atoms with Crippen LogP contribution in [0, 0.1) is 11.3 Å². The van der Waals surface area contributed by atoms with Gasteiger partial charge in [0.05, 0.1) is 19.3 Å². The molecular weight excluding hydrogens is 228 g/mol. The average Bonchev–Trinajstić information content (AvgIpc) is 2.93. The molecule has 2 rings (SSSR count). The van der Waals surface area contributed by atoms with Crippen molar-refractivity contribution in [3.8, 4) is 11.8 Å². The van der Waals surface area contributed by atoms with Gasteiger partial charge < -0.3 is 9.47 Å². The summed E-state index contributed by atoms with van der Waals surface area (Å²) < 4.78 is 10.7. The SMILES string of the molecule is COc1cccc(C(C#N)NCC2CCCO2)c1. The average molecular weight is 246 g/mol. The highest BCUT2D eigenvalue weighted by Gasteiger charge is 2.18. The second kappa shape index (κ2) is 6.39. The Bertz CT molecular complexity index is 422. The first kappa shape index (κ1) is 12.9. The van der Waals surface area contributed by atoms with Crippen LogP contribution in [-0.4, -0.2) is 26.4 Å². The van der Waals surface area contributed by atoms with E-state index in [2.05, 4.69) is 11.4 Å². The number of benzene rings is 1. The molecule has 0 aliphatic carbocycles. The molecule has 4 nitrogen and oxygen atoms in total. The lowest BCUT2D eigenvalue weighted by Gasteiger charge is -2.15. The summed E-state index contributed by atoms with van der Waals surface area (Å²) in [6.07, 6.45) is 2.43. The van der Waals surface area contributed by atoms with Crippen molar-refractivity contribution in [3.63, 3.8) is 0 Å². The van der Waals surface area contributed by atoms with E-state index in [1.54, 1.807) is 7.11 Å². The third-order valence-corrected chi connectivity index (χ3v) is 3.13. The lowest BCUT2D eigenvalue weighted by molar-refractivity contribution is 0.109. The van der Waals surface area contributed by atoms with E-state index in [4.69, 9.17) is 9.47 Å². The number of methoxy groups -OCH3 is 1. The molecule has 1 N–H and O–H groups in total. The fourth-order valence-corrected chi connectivity index (χ4v) is 2.11. The van der Waals surface area contributed by atoms with Crippen LogP contribution in [0.5, 0.6) is 5.75 Å². The van der Waals surface area contributed by atoms with Crippen molar-refractivity contribution in [1.29, 1.82) is 5.26 Å². The Balaban J connectivity index is 1.96. The molecule has 0 bridgehead atoms. The van der Waals surface area contributed by atoms with E-state index in [0.29, 0.717) is 0 Å². The lowest BCUT2D eigenvalue weighted by Crippen LogP contribution is -2.29. The molecule has 1 fully saturated rings. The van der Waals surface area contributed by atoms with Gasteiger partial charge >= 0.3 is 0 Å². The zero-order valence-corrected chi connectivity index (χ0v) is 10.6. The summed E-state index contributed by atoms with van der Waals surface area (Å²) >= 11 is 0. The molecule has 4 heteroatoms. The molecule has 2 unspecified atom stereocenters. The summed E-state index contributed by atoms with van der Waals surface area (Å²) in [7, 11) is 1.63. The van der Waals surface area contributed by atoms with Crippen LogP contribution in [0.15, 0.2) is 24.3 Å². The first-order valence-electron chi connectivity index (χ1n) is 6.22. The van der Waals surface area contributed by atoms with Gasteiger partial charge in [0, 0.05) is 13.2 Å². The molecule has 1 aromatic carbocycles. The Morgan fingerprint density at radius 3 is 3.17 bits per heavy atom. The zero-order chi connectivity index (χ0) is 12.8. The Hall–Kier alpha value is -1.57. The van der Waals surface area contributed by atoms with E-state index in [0.717, 1.165) is 37.3 Å². The van der Waals surface area contributed by atoms with Crippen LogP contribution in [0.4, 0.5) is 0 Å². The Morgan fingerprint density at radius 2 is 2.50 bits per heavy atom. The highest BCUT2D eigenvalue weighted by molar-refractivity contribution is 5.33. The van der Waals surface area contributed by atoms with E-state index in [1.807, 2.05) is 24.3 Å². The van der Waals surface area contributed by atoms with Gasteiger partial charge in [-0.3, -0.25) is 5.32 Å². The van der Waals surface area contributed by atoms with Crippen LogP contribution in [-0.2, 0) is 4.74 Å². The fourth-order valence-electron chi connectivity index (χ4n) is 2.11. The maximum atomic E-state index is 9.22. The molecule has 18 heavy (non-hydrogen) atoms. The largest absolute Gasteiger partial charge is 0.497 e. The van der Waals surface area contributed by atoms with E-state index >= 15 is 0 Å². The molecule has 0 aromatic heterocycles. The van der Waals surface area contributed by atoms with E-state index < -0.39 is 0 Å². The minimum absolute atomic E-state index is 0.242. The number of hydrogen-bond acceptors (Lipinski definition) is 4. The second-order valence-corrected chi connectivity index (χ2v) is 4.38. The van der Waals surface area contributed by atoms with Crippen molar-refractivity contribution in [2.45, 2.75) is 25.0 Å². The van der Waals surface area contributed by atoms with Crippen molar-refractivity contribution in [2.24, 2.45) is 0 Å². The smallest absolute Gasteiger partial charge is 0.121 e. The monoisotopic (exact) mass is 246 g/mol. The van der Waals surface area contributed by atoms with E-state index in [-0.39, 0.29) is 12.1 Å². The number of rotatable bonds is 5. The summed E-state index contributed by atoms with van der Waals surface area (Å²) in [4.78, 5) is 0. The van der Waals surface area contributed by atoms with Gasteiger partial charge in [0.25, 0.3) is 0 Å². The maximum Gasteiger partial charge on any atom is 0.121 e. The molecular formula is C14H18N2O2. The molecule has 96 valence electrons. The third kappa shape index (κ3) is 3.22. The Morgan fingerprint density at radius 1 is 1.61 bits per heavy atom. The predicted octanol–water partition coefficient (Wildman–Crippen LogP) is 2.03. The molecule has 1 aromatic rings. The summed E-state index contributed by atoms with van der Waals surface area (Å²) in [5, 5.41) is 12.5. The van der Waals surface area contributed by atoms with Gasteiger partial charge in [-0.15, -0.1) is 0 Å². The van der Waals surface area contributed by atoms with Crippen molar-refractivity contribution in [2.75, 3.05) is 20.3 Å². The summed E-state index contributed by atoms with van der Waals surface area (Å²) in [6, 6.07) is 9.54. The predicted molar refractivity (Wildman–Crippen MR) is 68.3 cm³/mol. The van der Waals surface area contributed by atoms with Crippen molar-refractivity contribution in [3.05, 3.63) is 29.8 Å². The molecule has 0 saturated carbocycles. The fraction of sp³-hybridized carbons (Fsp3) is 0.500. The summed E-state index contributed by atoms with van der Waals surface area (Å²) in [5.74, 6) is 0.770. The van der Waals surface area contributed by atoms with Gasteiger partial charge in [0.2, 0.25) is 0 Å². The number of nitrogens with zero attached hydrogens (tertiary/aromatic N) is 1. The van der Waals surface area contributed by atoms with Crippen molar-refractivity contribution >= 4 is 0 Å². The van der Waals surface area contributed by atoms with Crippen LogP contribution in [0.25, 0.3) is 0 Å². The van der Waals surface area contributed by atoms with Crippen LogP contribution in [0.3, 0.4) is 0 Å². The topological polar surface area (TPSA) is 54.3 Å². The first-order chi connectivity index (χ1) is 8.83. The quantitative estimate of drug-likeness (QED) is 0.863. The molecule has 0 spiro atoms. The summed E-state index contributed by atoms with van der Waals surface area (Å²) in [6.45, 7) is 1.55. The molecule has 1 saturated heterocycles. The number of hydrogen-bond donors (Lipinski definition) is 1. The highest BCUT2D eigenvalue weighted by Crippen LogP contribution is 2.19. The van der Waals surface area contributed by atoms with Crippen molar-refractivity contribution in [1.82, 2.24) is 5.32 Å². The molecule has 0 amide bonds. The number of nitriles is 1. The van der Waals surface area contributed by atoms with Crippen LogP contribution >= 0.6 is 0 Å². The molecule has 2 atom stereocenters. The normalized spacial score (nSPS) is 20.3. The van der Waals surface area contributed by atoms with Crippen molar-refractivity contribution < 1.29 is 9.47 Å². The van der Waals surface area contributed by atoms with Gasteiger partial charge in [-0.2, -0.15) is 5.26 Å². The highest BCUT2D eigenvalue weighted by atomic mass is 16.5. The van der Waals surface area contributed by atoms with Gasteiger partial charge in [-0.05, 0) is 30.5 Å². The third-order valence-electron chi connectivity index (χ3n) is 3.13. The minimum Gasteiger partial charge on any atom is -0.497 e. The van der Waals surface area contributed by atoms with Crippen LogP contribution in [0.1, 0.15) is 24.4 Å². The molecule has 1 heterocycles. The number of nitrogens with one attached hydrogen (secondary N) is 1.